The van der Waals surface area contributed by atoms with Crippen LogP contribution in [0.15, 0.2) is 48.8 Å². The van der Waals surface area contributed by atoms with E-state index in [0.717, 1.165) is 35.0 Å². The van der Waals surface area contributed by atoms with Gasteiger partial charge in [-0.1, -0.05) is 12.1 Å². The summed E-state index contributed by atoms with van der Waals surface area (Å²) in [6, 6.07) is 12.2. The molecular formula is C18H17N3O. The number of nitrogens with one attached hydrogen (secondary N) is 1. The van der Waals surface area contributed by atoms with E-state index in [9.17, 15) is 4.79 Å². The van der Waals surface area contributed by atoms with Crippen LogP contribution in [0.5, 0.6) is 0 Å². The molecule has 0 atom stereocenters. The first kappa shape index (κ1) is 13.1. The van der Waals surface area contributed by atoms with Gasteiger partial charge < -0.3 is 9.88 Å². The molecule has 4 rings (SSSR count). The maximum absolute atomic E-state index is 12.2. The second-order valence-corrected chi connectivity index (χ2v) is 5.85. The van der Waals surface area contributed by atoms with Crippen LogP contribution < -0.4 is 5.32 Å². The van der Waals surface area contributed by atoms with Crippen LogP contribution >= 0.6 is 0 Å². The van der Waals surface area contributed by atoms with Gasteiger partial charge in [0, 0.05) is 36.4 Å². The van der Waals surface area contributed by atoms with Crippen molar-refractivity contribution in [1.82, 2.24) is 14.9 Å². The lowest BCUT2D eigenvalue weighted by Gasteiger charge is -2.07. The normalized spacial score (nSPS) is 14.2. The number of hydrogen-bond donors (Lipinski definition) is 1. The number of hydrogen-bond acceptors (Lipinski definition) is 2. The lowest BCUT2D eigenvalue weighted by molar-refractivity contribution is 0.0951. The minimum atomic E-state index is 0.0164. The molecule has 1 saturated carbocycles. The Bertz CT molecular complexity index is 862. The maximum Gasteiger partial charge on any atom is 0.251 e. The lowest BCUT2D eigenvalue weighted by Crippen LogP contribution is -2.25. The van der Waals surface area contributed by atoms with Crippen LogP contribution in [0.2, 0.25) is 0 Å². The van der Waals surface area contributed by atoms with Crippen molar-refractivity contribution in [3.05, 3.63) is 54.4 Å². The van der Waals surface area contributed by atoms with Crippen molar-refractivity contribution < 1.29 is 4.79 Å². The number of rotatable bonds is 3. The Morgan fingerprint density at radius 3 is 2.95 bits per heavy atom. The van der Waals surface area contributed by atoms with Crippen molar-refractivity contribution in [2.75, 3.05) is 0 Å². The van der Waals surface area contributed by atoms with Gasteiger partial charge in [0.15, 0.2) is 0 Å². The predicted octanol–water partition coefficient (Wildman–Crippen LogP) is 3.13. The van der Waals surface area contributed by atoms with Gasteiger partial charge in [-0.25, -0.2) is 4.98 Å². The van der Waals surface area contributed by atoms with Gasteiger partial charge in [-0.3, -0.25) is 4.79 Å². The van der Waals surface area contributed by atoms with E-state index in [0.29, 0.717) is 11.6 Å². The fourth-order valence-electron chi connectivity index (χ4n) is 2.74. The van der Waals surface area contributed by atoms with E-state index in [1.807, 2.05) is 54.3 Å². The standard InChI is InChI=1S/C18H17N3O/c1-21-10-8-16-15(7-9-19-17(16)21)12-3-2-4-13(11-12)18(22)20-14-5-6-14/h2-4,7-11,14H,5-6H2,1H3,(H,20,22). The molecule has 0 spiro atoms. The molecule has 110 valence electrons. The molecule has 1 amide bonds. The third kappa shape index (κ3) is 2.26. The Labute approximate surface area is 128 Å². The lowest BCUT2D eigenvalue weighted by atomic mass is 10.0. The summed E-state index contributed by atoms with van der Waals surface area (Å²) in [6.07, 6.45) is 6.01. The molecule has 0 radical (unpaired) electrons. The number of aromatic nitrogens is 2. The summed E-state index contributed by atoms with van der Waals surface area (Å²) in [5.74, 6) is 0.0164. The van der Waals surface area contributed by atoms with Crippen LogP contribution in [0, 0.1) is 0 Å². The third-order valence-electron chi connectivity index (χ3n) is 4.12. The summed E-state index contributed by atoms with van der Waals surface area (Å²) in [5.41, 5.74) is 3.81. The Balaban J connectivity index is 1.76. The van der Waals surface area contributed by atoms with Gasteiger partial charge in [0.05, 0.1) is 0 Å². The van der Waals surface area contributed by atoms with Crippen molar-refractivity contribution in [3.63, 3.8) is 0 Å². The predicted molar refractivity (Wildman–Crippen MR) is 86.6 cm³/mol. The largest absolute Gasteiger partial charge is 0.349 e. The topological polar surface area (TPSA) is 46.9 Å². The van der Waals surface area contributed by atoms with E-state index < -0.39 is 0 Å². The zero-order chi connectivity index (χ0) is 15.1. The minimum Gasteiger partial charge on any atom is -0.349 e. The molecule has 4 nitrogen and oxygen atoms in total. The first-order chi connectivity index (χ1) is 10.7. The van der Waals surface area contributed by atoms with Gasteiger partial charge in [0.2, 0.25) is 0 Å². The van der Waals surface area contributed by atoms with Gasteiger partial charge in [0.25, 0.3) is 5.91 Å². The molecule has 0 saturated heterocycles. The number of pyridine rings is 1. The second-order valence-electron chi connectivity index (χ2n) is 5.85. The van der Waals surface area contributed by atoms with E-state index in [4.69, 9.17) is 0 Å². The highest BCUT2D eigenvalue weighted by Crippen LogP contribution is 2.28. The maximum atomic E-state index is 12.2. The van der Waals surface area contributed by atoms with E-state index in [-0.39, 0.29) is 5.91 Å². The summed E-state index contributed by atoms with van der Waals surface area (Å²) in [5, 5.41) is 4.14. The van der Waals surface area contributed by atoms with Crippen molar-refractivity contribution in [2.24, 2.45) is 7.05 Å². The highest BCUT2D eigenvalue weighted by molar-refractivity contribution is 5.98. The number of nitrogens with zero attached hydrogens (tertiary/aromatic N) is 2. The molecule has 1 aliphatic carbocycles. The molecular weight excluding hydrogens is 274 g/mol. The average Bonchev–Trinajstić information content (AvgIpc) is 3.28. The molecule has 2 aromatic heterocycles. The summed E-state index contributed by atoms with van der Waals surface area (Å²) in [4.78, 5) is 16.6. The Morgan fingerprint density at radius 1 is 1.27 bits per heavy atom. The van der Waals surface area contributed by atoms with Crippen LogP contribution in [0.1, 0.15) is 23.2 Å². The molecule has 0 unspecified atom stereocenters. The van der Waals surface area contributed by atoms with Crippen LogP contribution in [-0.2, 0) is 7.05 Å². The molecule has 1 fully saturated rings. The molecule has 0 bridgehead atoms. The molecule has 3 aromatic rings. The molecule has 22 heavy (non-hydrogen) atoms. The smallest absolute Gasteiger partial charge is 0.251 e. The first-order valence-corrected chi connectivity index (χ1v) is 7.54. The monoisotopic (exact) mass is 291 g/mol. The van der Waals surface area contributed by atoms with Crippen molar-refractivity contribution in [2.45, 2.75) is 18.9 Å². The number of aryl methyl sites for hydroxylation is 1. The van der Waals surface area contributed by atoms with Crippen molar-refractivity contribution in [3.8, 4) is 11.1 Å². The fourth-order valence-corrected chi connectivity index (χ4v) is 2.74. The summed E-state index contributed by atoms with van der Waals surface area (Å²) < 4.78 is 2.00. The second kappa shape index (κ2) is 4.98. The average molecular weight is 291 g/mol. The van der Waals surface area contributed by atoms with E-state index in [1.54, 1.807) is 0 Å². The SMILES string of the molecule is Cn1ccc2c(-c3cccc(C(=O)NC4CC4)c3)ccnc21. The molecule has 1 aliphatic rings. The Morgan fingerprint density at radius 2 is 2.14 bits per heavy atom. The zero-order valence-electron chi connectivity index (χ0n) is 12.4. The first-order valence-electron chi connectivity index (χ1n) is 7.54. The molecule has 0 aliphatic heterocycles. The van der Waals surface area contributed by atoms with Gasteiger partial charge in [-0.15, -0.1) is 0 Å². The van der Waals surface area contributed by atoms with Crippen LogP contribution in [0.4, 0.5) is 0 Å². The molecule has 1 N–H and O–H groups in total. The van der Waals surface area contributed by atoms with E-state index in [2.05, 4.69) is 16.4 Å². The zero-order valence-corrected chi connectivity index (χ0v) is 12.4. The summed E-state index contributed by atoms with van der Waals surface area (Å²) in [6.45, 7) is 0. The number of benzene rings is 1. The Hall–Kier alpha value is -2.62. The quantitative estimate of drug-likeness (QED) is 0.806. The molecule has 1 aromatic carbocycles. The minimum absolute atomic E-state index is 0.0164. The van der Waals surface area contributed by atoms with E-state index >= 15 is 0 Å². The molecule has 4 heteroatoms. The van der Waals surface area contributed by atoms with Crippen LogP contribution in [0.3, 0.4) is 0 Å². The number of amides is 1. The van der Waals surface area contributed by atoms with Gasteiger partial charge in [-0.05, 0) is 48.2 Å². The van der Waals surface area contributed by atoms with Crippen LogP contribution in [-0.4, -0.2) is 21.5 Å². The Kier molecular flexibility index (Phi) is 2.96. The van der Waals surface area contributed by atoms with Gasteiger partial charge in [-0.2, -0.15) is 0 Å². The summed E-state index contributed by atoms with van der Waals surface area (Å²) >= 11 is 0. The van der Waals surface area contributed by atoms with Gasteiger partial charge >= 0.3 is 0 Å². The van der Waals surface area contributed by atoms with Gasteiger partial charge in [0.1, 0.15) is 5.65 Å². The summed E-state index contributed by atoms with van der Waals surface area (Å²) in [7, 11) is 1.98. The molecule has 2 heterocycles. The highest BCUT2D eigenvalue weighted by atomic mass is 16.1. The number of carbonyl (C=O) groups excluding carboxylic acids is 1. The van der Waals surface area contributed by atoms with Crippen molar-refractivity contribution in [1.29, 1.82) is 0 Å². The van der Waals surface area contributed by atoms with E-state index in [1.165, 1.54) is 0 Å². The number of carbonyl (C=O) groups is 1. The van der Waals surface area contributed by atoms with Crippen LogP contribution in [0.25, 0.3) is 22.2 Å². The third-order valence-corrected chi connectivity index (χ3v) is 4.12. The number of fused-ring (bicyclic) bond motifs is 1. The highest BCUT2D eigenvalue weighted by Gasteiger charge is 2.23. The van der Waals surface area contributed by atoms with Crippen molar-refractivity contribution >= 4 is 16.9 Å². The fraction of sp³-hybridized carbons (Fsp3) is 0.222.